The normalized spacial score (nSPS) is 16.0. The van der Waals surface area contributed by atoms with Crippen LogP contribution in [0.5, 0.6) is 0 Å². The molecule has 2 aliphatic carbocycles. The van der Waals surface area contributed by atoms with Crippen LogP contribution in [0.4, 0.5) is 17.1 Å². The second kappa shape index (κ2) is 13.7. The standard InChI is InChI=1S/C55H45N/c1-37-46-32-26-42(35-52(46)48-19-11-10-18-47(48)51(37)34-38-14-6-4-7-15-38)41-24-29-44(30-25-41)56(43-27-22-40(23-28-43)39-16-8-5-9-17-39)45-31-33-50-49-20-12-13-21-53(49)55(2,3)54(50)36-45/h4-33,35-37,51H,34H2,1-3H3. The minimum Gasteiger partial charge on any atom is -0.310 e. The van der Waals surface area contributed by atoms with E-state index in [4.69, 9.17) is 0 Å². The molecule has 2 atom stereocenters. The number of anilines is 3. The van der Waals surface area contributed by atoms with Gasteiger partial charge in [0.25, 0.3) is 0 Å². The van der Waals surface area contributed by atoms with Gasteiger partial charge in [0, 0.05) is 22.5 Å². The van der Waals surface area contributed by atoms with E-state index in [9.17, 15) is 0 Å². The highest BCUT2D eigenvalue weighted by atomic mass is 15.1. The fourth-order valence-corrected chi connectivity index (χ4v) is 9.59. The van der Waals surface area contributed by atoms with Crippen LogP contribution in [0.15, 0.2) is 194 Å². The van der Waals surface area contributed by atoms with Gasteiger partial charge in [0.05, 0.1) is 0 Å². The lowest BCUT2D eigenvalue weighted by Crippen LogP contribution is -2.18. The first-order chi connectivity index (χ1) is 27.4. The van der Waals surface area contributed by atoms with Crippen molar-refractivity contribution in [3.8, 4) is 44.5 Å². The molecule has 0 saturated heterocycles. The Balaban J connectivity index is 1.02. The fraction of sp³-hybridized carbons (Fsp3) is 0.127. The van der Waals surface area contributed by atoms with Crippen molar-refractivity contribution in [1.29, 1.82) is 0 Å². The van der Waals surface area contributed by atoms with E-state index in [-0.39, 0.29) is 5.41 Å². The van der Waals surface area contributed by atoms with Crippen molar-refractivity contribution in [2.75, 3.05) is 4.90 Å². The summed E-state index contributed by atoms with van der Waals surface area (Å²) >= 11 is 0. The summed E-state index contributed by atoms with van der Waals surface area (Å²) in [7, 11) is 0. The summed E-state index contributed by atoms with van der Waals surface area (Å²) in [5.74, 6) is 0.862. The quantitative estimate of drug-likeness (QED) is 0.159. The number of rotatable bonds is 7. The Hall–Kier alpha value is -6.44. The van der Waals surface area contributed by atoms with Crippen LogP contribution in [-0.4, -0.2) is 0 Å². The Morgan fingerprint density at radius 2 is 0.946 bits per heavy atom. The summed E-state index contributed by atoms with van der Waals surface area (Å²) in [6.45, 7) is 7.13. The van der Waals surface area contributed by atoms with Crippen LogP contribution in [0.25, 0.3) is 44.5 Å². The third-order valence-electron chi connectivity index (χ3n) is 12.6. The maximum atomic E-state index is 2.43. The van der Waals surface area contributed by atoms with Gasteiger partial charge in [-0.2, -0.15) is 0 Å². The van der Waals surface area contributed by atoms with Gasteiger partial charge in [-0.15, -0.1) is 0 Å². The molecule has 10 rings (SSSR count). The molecule has 0 amide bonds. The van der Waals surface area contributed by atoms with Gasteiger partial charge in [0.15, 0.2) is 0 Å². The number of fused-ring (bicyclic) bond motifs is 6. The molecular formula is C55H45N. The van der Waals surface area contributed by atoms with E-state index in [0.717, 1.165) is 23.5 Å². The molecule has 8 aromatic rings. The summed E-state index contributed by atoms with van der Waals surface area (Å²) in [5, 5.41) is 0. The third-order valence-corrected chi connectivity index (χ3v) is 12.6. The second-order valence-electron chi connectivity index (χ2n) is 16.2. The molecule has 8 aromatic carbocycles. The fourth-order valence-electron chi connectivity index (χ4n) is 9.59. The van der Waals surface area contributed by atoms with Crippen molar-refractivity contribution < 1.29 is 0 Å². The maximum absolute atomic E-state index is 2.43. The lowest BCUT2D eigenvalue weighted by molar-refractivity contribution is 0.566. The molecule has 1 nitrogen and oxygen atoms in total. The van der Waals surface area contributed by atoms with Gasteiger partial charge in [-0.05, 0) is 133 Å². The maximum Gasteiger partial charge on any atom is 0.0465 e. The van der Waals surface area contributed by atoms with E-state index in [2.05, 4.69) is 220 Å². The van der Waals surface area contributed by atoms with Crippen molar-refractivity contribution in [3.05, 3.63) is 222 Å². The smallest absolute Gasteiger partial charge is 0.0465 e. The number of hydrogen-bond donors (Lipinski definition) is 0. The van der Waals surface area contributed by atoms with Gasteiger partial charge >= 0.3 is 0 Å². The molecule has 2 unspecified atom stereocenters. The van der Waals surface area contributed by atoms with E-state index in [1.807, 2.05) is 0 Å². The number of nitrogens with zero attached hydrogens (tertiary/aromatic N) is 1. The monoisotopic (exact) mass is 719 g/mol. The zero-order valence-electron chi connectivity index (χ0n) is 32.3. The van der Waals surface area contributed by atoms with Gasteiger partial charge in [0.1, 0.15) is 0 Å². The molecule has 0 N–H and O–H groups in total. The molecule has 0 spiro atoms. The highest BCUT2D eigenvalue weighted by molar-refractivity contribution is 5.87. The van der Waals surface area contributed by atoms with Crippen LogP contribution >= 0.6 is 0 Å². The van der Waals surface area contributed by atoms with Crippen LogP contribution in [-0.2, 0) is 11.8 Å². The first kappa shape index (κ1) is 34.1. The lowest BCUT2D eigenvalue weighted by atomic mass is 9.70. The van der Waals surface area contributed by atoms with Gasteiger partial charge < -0.3 is 4.90 Å². The Morgan fingerprint density at radius 3 is 1.66 bits per heavy atom. The van der Waals surface area contributed by atoms with Gasteiger partial charge in [0.2, 0.25) is 0 Å². The third kappa shape index (κ3) is 5.78. The summed E-state index contributed by atoms with van der Waals surface area (Å²) in [6.07, 6.45) is 1.04. The average molecular weight is 720 g/mol. The van der Waals surface area contributed by atoms with E-state index >= 15 is 0 Å². The highest BCUT2D eigenvalue weighted by Crippen LogP contribution is 2.52. The molecule has 0 aromatic heterocycles. The van der Waals surface area contributed by atoms with Crippen molar-refractivity contribution in [2.24, 2.45) is 0 Å². The molecule has 1 heteroatoms. The number of benzene rings is 8. The molecule has 56 heavy (non-hydrogen) atoms. The van der Waals surface area contributed by atoms with Crippen molar-refractivity contribution in [3.63, 3.8) is 0 Å². The van der Waals surface area contributed by atoms with Crippen molar-refractivity contribution in [2.45, 2.75) is 44.4 Å². The van der Waals surface area contributed by atoms with Crippen LogP contribution in [0.2, 0.25) is 0 Å². The van der Waals surface area contributed by atoms with Crippen molar-refractivity contribution in [1.82, 2.24) is 0 Å². The first-order valence-electron chi connectivity index (χ1n) is 20.0. The Kier molecular flexibility index (Phi) is 8.33. The van der Waals surface area contributed by atoms with Crippen LogP contribution in [0.1, 0.15) is 60.4 Å². The summed E-state index contributed by atoms with van der Waals surface area (Å²) in [6, 6.07) is 71.9. The molecule has 2 aliphatic rings. The largest absolute Gasteiger partial charge is 0.310 e. The second-order valence-corrected chi connectivity index (χ2v) is 16.2. The zero-order chi connectivity index (χ0) is 37.8. The Labute approximate surface area is 331 Å². The minimum absolute atomic E-state index is 0.0846. The van der Waals surface area contributed by atoms with E-state index in [0.29, 0.717) is 11.8 Å². The van der Waals surface area contributed by atoms with E-state index < -0.39 is 0 Å². The molecule has 0 radical (unpaired) electrons. The predicted octanol–water partition coefficient (Wildman–Crippen LogP) is 14.9. The highest BCUT2D eigenvalue weighted by Gasteiger charge is 2.36. The molecule has 0 heterocycles. The lowest BCUT2D eigenvalue weighted by Gasteiger charge is -2.34. The SMILES string of the molecule is CC1c2ccc(-c3ccc(N(c4ccc(-c5ccccc5)cc4)c4ccc5c(c4)C(C)(C)c4ccccc4-5)cc3)cc2-c2ccccc2C1Cc1ccccc1. The topological polar surface area (TPSA) is 3.24 Å². The average Bonchev–Trinajstić information content (AvgIpc) is 3.48. The van der Waals surface area contributed by atoms with Crippen LogP contribution < -0.4 is 4.90 Å². The predicted molar refractivity (Wildman–Crippen MR) is 236 cm³/mol. The van der Waals surface area contributed by atoms with Crippen molar-refractivity contribution >= 4 is 17.1 Å². The van der Waals surface area contributed by atoms with Gasteiger partial charge in [-0.25, -0.2) is 0 Å². The Bertz CT molecular complexity index is 2690. The molecule has 0 bridgehead atoms. The van der Waals surface area contributed by atoms with Gasteiger partial charge in [-0.3, -0.25) is 0 Å². The Morgan fingerprint density at radius 1 is 0.411 bits per heavy atom. The first-order valence-corrected chi connectivity index (χ1v) is 20.0. The van der Waals surface area contributed by atoms with Gasteiger partial charge in [-0.1, -0.05) is 172 Å². The van der Waals surface area contributed by atoms with Crippen LogP contribution in [0.3, 0.4) is 0 Å². The van der Waals surface area contributed by atoms with E-state index in [1.54, 1.807) is 0 Å². The summed E-state index contributed by atoms with van der Waals surface area (Å²) < 4.78 is 0. The summed E-state index contributed by atoms with van der Waals surface area (Å²) in [4.78, 5) is 2.41. The van der Waals surface area contributed by atoms with Crippen LogP contribution in [0, 0.1) is 0 Å². The minimum atomic E-state index is -0.0846. The molecule has 0 fully saturated rings. The zero-order valence-corrected chi connectivity index (χ0v) is 32.3. The van der Waals surface area contributed by atoms with E-state index in [1.165, 1.54) is 72.3 Å². The number of hydrogen-bond acceptors (Lipinski definition) is 1. The molecule has 0 saturated carbocycles. The molecular weight excluding hydrogens is 675 g/mol. The molecule has 270 valence electrons. The summed E-state index contributed by atoms with van der Waals surface area (Å²) in [5.41, 5.74) is 20.7. The molecule has 0 aliphatic heterocycles.